The lowest BCUT2D eigenvalue weighted by molar-refractivity contribution is -0.138. The summed E-state index contributed by atoms with van der Waals surface area (Å²) in [5.41, 5.74) is 1.66. The third-order valence-corrected chi connectivity index (χ3v) is 5.75. The molecule has 1 aromatic rings. The van der Waals surface area contributed by atoms with Crippen molar-refractivity contribution in [2.24, 2.45) is 5.92 Å². The maximum atomic E-state index is 13.9. The van der Waals surface area contributed by atoms with Crippen molar-refractivity contribution in [2.75, 3.05) is 33.0 Å². The Labute approximate surface area is 154 Å². The summed E-state index contributed by atoms with van der Waals surface area (Å²) in [7, 11) is 0. The second-order valence-electron chi connectivity index (χ2n) is 7.60. The minimum atomic E-state index is -0.247. The summed E-state index contributed by atoms with van der Waals surface area (Å²) in [6, 6.07) is 3.05. The Morgan fingerprint density at radius 2 is 1.88 bits per heavy atom. The molecule has 3 aliphatic heterocycles. The van der Waals surface area contributed by atoms with E-state index in [0.717, 1.165) is 68.7 Å². The highest BCUT2D eigenvalue weighted by atomic mass is 19.1. The number of fused-ring (bicyclic) bond motifs is 1. The quantitative estimate of drug-likeness (QED) is 0.829. The Kier molecular flexibility index (Phi) is 5.41. The number of carbonyl (C=O) groups excluding carboxylic acids is 1. The molecule has 5 nitrogen and oxygen atoms in total. The molecule has 26 heavy (non-hydrogen) atoms. The molecule has 0 aromatic heterocycles. The number of rotatable bonds is 3. The van der Waals surface area contributed by atoms with Crippen LogP contribution in [0.25, 0.3) is 0 Å². The standard InChI is InChI=1S/C20H27FN2O3/c21-18-10-16(19-17(11-18)13-25-14-26-19)12-22-8-4-15(5-9-22)20(24)23-6-2-1-3-7-23/h10-11,15H,1-9,12-14H2. The second-order valence-corrected chi connectivity index (χ2v) is 7.60. The SMILES string of the molecule is O=C(C1CCN(Cc2cc(F)cc3c2OCOC3)CC1)N1CCCCC1. The van der Waals surface area contributed by atoms with Crippen LogP contribution in [0.5, 0.6) is 5.75 Å². The Morgan fingerprint density at radius 3 is 2.65 bits per heavy atom. The predicted molar refractivity (Wildman–Crippen MR) is 95.1 cm³/mol. The molecule has 1 aromatic carbocycles. The van der Waals surface area contributed by atoms with Crippen LogP contribution in [0.3, 0.4) is 0 Å². The highest BCUT2D eigenvalue weighted by Gasteiger charge is 2.29. The van der Waals surface area contributed by atoms with Crippen LogP contribution in [0.15, 0.2) is 12.1 Å². The predicted octanol–water partition coefficient (Wildman–Crippen LogP) is 2.92. The molecule has 0 unspecified atom stereocenters. The molecule has 3 heterocycles. The van der Waals surface area contributed by atoms with E-state index in [4.69, 9.17) is 9.47 Å². The average molecular weight is 362 g/mol. The number of likely N-dealkylation sites (tertiary alicyclic amines) is 2. The molecule has 1 amide bonds. The number of halogens is 1. The van der Waals surface area contributed by atoms with Gasteiger partial charge in [-0.05, 0) is 57.3 Å². The lowest BCUT2D eigenvalue weighted by atomic mass is 9.94. The summed E-state index contributed by atoms with van der Waals surface area (Å²) in [4.78, 5) is 17.0. The van der Waals surface area contributed by atoms with Crippen LogP contribution in [0.2, 0.25) is 0 Å². The van der Waals surface area contributed by atoms with Gasteiger partial charge in [-0.25, -0.2) is 4.39 Å². The van der Waals surface area contributed by atoms with Crippen LogP contribution in [0.4, 0.5) is 4.39 Å². The zero-order valence-corrected chi connectivity index (χ0v) is 15.2. The van der Waals surface area contributed by atoms with Crippen molar-refractivity contribution in [3.8, 4) is 5.75 Å². The van der Waals surface area contributed by atoms with Gasteiger partial charge in [-0.1, -0.05) is 0 Å². The summed E-state index contributed by atoms with van der Waals surface area (Å²) >= 11 is 0. The number of benzene rings is 1. The van der Waals surface area contributed by atoms with Gasteiger partial charge in [0.15, 0.2) is 6.79 Å². The van der Waals surface area contributed by atoms with E-state index in [1.54, 1.807) is 6.07 Å². The molecule has 2 saturated heterocycles. The van der Waals surface area contributed by atoms with Crippen LogP contribution < -0.4 is 4.74 Å². The Balaban J connectivity index is 1.35. The van der Waals surface area contributed by atoms with Gasteiger partial charge >= 0.3 is 0 Å². The molecular formula is C20H27FN2O3. The summed E-state index contributed by atoms with van der Waals surface area (Å²) in [5.74, 6) is 1.01. The first-order valence-electron chi connectivity index (χ1n) is 9.73. The number of hydrogen-bond acceptors (Lipinski definition) is 4. The third kappa shape index (κ3) is 3.86. The molecule has 2 fully saturated rings. The molecule has 4 rings (SSSR count). The van der Waals surface area contributed by atoms with E-state index in [9.17, 15) is 9.18 Å². The van der Waals surface area contributed by atoms with Crippen molar-refractivity contribution >= 4 is 5.91 Å². The number of amides is 1. The van der Waals surface area contributed by atoms with Crippen molar-refractivity contribution < 1.29 is 18.7 Å². The van der Waals surface area contributed by atoms with Crippen LogP contribution >= 0.6 is 0 Å². The summed E-state index contributed by atoms with van der Waals surface area (Å²) in [6.07, 6.45) is 5.29. The highest BCUT2D eigenvalue weighted by molar-refractivity contribution is 5.79. The molecule has 0 radical (unpaired) electrons. The van der Waals surface area contributed by atoms with E-state index in [-0.39, 0.29) is 18.5 Å². The molecular weight excluding hydrogens is 335 g/mol. The van der Waals surface area contributed by atoms with Gasteiger partial charge in [0.25, 0.3) is 0 Å². The first kappa shape index (κ1) is 17.7. The fourth-order valence-corrected chi connectivity index (χ4v) is 4.33. The molecule has 0 N–H and O–H groups in total. The maximum absolute atomic E-state index is 13.9. The normalized spacial score (nSPS) is 22.0. The molecule has 3 aliphatic rings. The number of ether oxygens (including phenoxy) is 2. The first-order chi connectivity index (χ1) is 12.7. The smallest absolute Gasteiger partial charge is 0.225 e. The van der Waals surface area contributed by atoms with Gasteiger partial charge in [0.1, 0.15) is 11.6 Å². The zero-order chi connectivity index (χ0) is 17.9. The average Bonchev–Trinajstić information content (AvgIpc) is 2.68. The Hall–Kier alpha value is -1.66. The molecule has 6 heteroatoms. The summed E-state index contributed by atoms with van der Waals surface area (Å²) in [6.45, 7) is 4.86. The highest BCUT2D eigenvalue weighted by Crippen LogP contribution is 2.31. The number of nitrogens with zero attached hydrogens (tertiary/aromatic N) is 2. The molecule has 0 spiro atoms. The monoisotopic (exact) mass is 362 g/mol. The molecule has 0 atom stereocenters. The van der Waals surface area contributed by atoms with Crippen molar-refractivity contribution in [1.82, 2.24) is 9.80 Å². The zero-order valence-electron chi connectivity index (χ0n) is 15.2. The van der Waals surface area contributed by atoms with Gasteiger partial charge < -0.3 is 14.4 Å². The van der Waals surface area contributed by atoms with Crippen LogP contribution in [0.1, 0.15) is 43.2 Å². The first-order valence-corrected chi connectivity index (χ1v) is 9.73. The van der Waals surface area contributed by atoms with E-state index < -0.39 is 0 Å². The van der Waals surface area contributed by atoms with E-state index in [1.165, 1.54) is 12.5 Å². The van der Waals surface area contributed by atoms with Gasteiger partial charge in [-0.3, -0.25) is 9.69 Å². The summed E-state index contributed by atoms with van der Waals surface area (Å²) in [5, 5.41) is 0. The molecule has 0 saturated carbocycles. The number of piperidine rings is 2. The Morgan fingerprint density at radius 1 is 1.12 bits per heavy atom. The molecule has 0 bridgehead atoms. The maximum Gasteiger partial charge on any atom is 0.225 e. The van der Waals surface area contributed by atoms with Crippen LogP contribution in [0, 0.1) is 11.7 Å². The third-order valence-electron chi connectivity index (χ3n) is 5.75. The van der Waals surface area contributed by atoms with E-state index in [2.05, 4.69) is 9.80 Å². The molecule has 142 valence electrons. The lowest BCUT2D eigenvalue weighted by Gasteiger charge is -2.36. The van der Waals surface area contributed by atoms with Crippen molar-refractivity contribution in [2.45, 2.75) is 45.3 Å². The van der Waals surface area contributed by atoms with Gasteiger partial charge in [0.2, 0.25) is 5.91 Å². The van der Waals surface area contributed by atoms with E-state index in [1.807, 2.05) is 0 Å². The summed E-state index contributed by atoms with van der Waals surface area (Å²) < 4.78 is 24.8. The van der Waals surface area contributed by atoms with Crippen molar-refractivity contribution in [3.63, 3.8) is 0 Å². The topological polar surface area (TPSA) is 42.0 Å². The number of hydrogen-bond donors (Lipinski definition) is 0. The van der Waals surface area contributed by atoms with Crippen molar-refractivity contribution in [3.05, 3.63) is 29.1 Å². The van der Waals surface area contributed by atoms with E-state index >= 15 is 0 Å². The minimum Gasteiger partial charge on any atom is -0.467 e. The van der Waals surface area contributed by atoms with E-state index in [0.29, 0.717) is 19.1 Å². The van der Waals surface area contributed by atoms with Gasteiger partial charge in [-0.15, -0.1) is 0 Å². The molecule has 0 aliphatic carbocycles. The van der Waals surface area contributed by atoms with Gasteiger partial charge in [0.05, 0.1) is 6.61 Å². The largest absolute Gasteiger partial charge is 0.467 e. The lowest BCUT2D eigenvalue weighted by Crippen LogP contribution is -2.44. The number of carbonyl (C=O) groups is 1. The fourth-order valence-electron chi connectivity index (χ4n) is 4.33. The second kappa shape index (κ2) is 7.92. The van der Waals surface area contributed by atoms with Crippen LogP contribution in [-0.4, -0.2) is 48.7 Å². The Bertz CT molecular complexity index is 653. The van der Waals surface area contributed by atoms with Gasteiger partial charge in [0, 0.05) is 36.7 Å². The fraction of sp³-hybridized carbons (Fsp3) is 0.650. The minimum absolute atomic E-state index is 0.149. The van der Waals surface area contributed by atoms with Crippen molar-refractivity contribution in [1.29, 1.82) is 0 Å². The van der Waals surface area contributed by atoms with Gasteiger partial charge in [-0.2, -0.15) is 0 Å². The van der Waals surface area contributed by atoms with Crippen LogP contribution in [-0.2, 0) is 22.7 Å².